The lowest BCUT2D eigenvalue weighted by atomic mass is 9.49. The highest BCUT2D eigenvalue weighted by Crippen LogP contribution is 2.58. The molecule has 25 heavy (non-hydrogen) atoms. The summed E-state index contributed by atoms with van der Waals surface area (Å²) in [6.45, 7) is 7.58. The first-order chi connectivity index (χ1) is 12.1. The highest BCUT2D eigenvalue weighted by atomic mass is 32.1. The third-order valence-electron chi connectivity index (χ3n) is 5.92. The Kier molecular flexibility index (Phi) is 4.24. The quantitative estimate of drug-likeness (QED) is 0.709. The standard InChI is InChI=1S/C21H25N3S/c1-15-14-25-20(22-12-16-7-5-4-6-8-16)24(15)23-13-17-9-10-18-11-19(17)21(18,2)3/h4-9,13-14,18-19H,10-12H2,1-3H3. The van der Waals surface area contributed by atoms with E-state index in [1.54, 1.807) is 11.3 Å². The van der Waals surface area contributed by atoms with E-state index in [-0.39, 0.29) is 0 Å². The van der Waals surface area contributed by atoms with Crippen molar-refractivity contribution in [2.24, 2.45) is 27.3 Å². The maximum absolute atomic E-state index is 4.78. The van der Waals surface area contributed by atoms with Crippen LogP contribution in [0.1, 0.15) is 37.9 Å². The average molecular weight is 352 g/mol. The predicted molar refractivity (Wildman–Crippen MR) is 105 cm³/mol. The van der Waals surface area contributed by atoms with Crippen LogP contribution in [0.4, 0.5) is 0 Å². The third-order valence-corrected chi connectivity index (χ3v) is 6.89. The normalized spacial score (nSPS) is 25.1. The van der Waals surface area contributed by atoms with E-state index in [1.807, 2.05) is 10.7 Å². The number of rotatable bonds is 4. The summed E-state index contributed by atoms with van der Waals surface area (Å²) < 4.78 is 1.98. The van der Waals surface area contributed by atoms with Gasteiger partial charge in [-0.25, -0.2) is 4.68 Å². The SMILES string of the molecule is Cc1csc(=NCc2ccccc2)n1N=CC1=CCC2CC1C2(C)C. The number of fused-ring (bicyclic) bond motifs is 1. The molecule has 2 atom stereocenters. The van der Waals surface area contributed by atoms with Gasteiger partial charge in [0.05, 0.1) is 18.5 Å². The summed E-state index contributed by atoms with van der Waals surface area (Å²) in [5.74, 6) is 1.53. The molecule has 0 N–H and O–H groups in total. The van der Waals surface area contributed by atoms with Crippen molar-refractivity contribution in [3.05, 3.63) is 63.4 Å². The molecule has 130 valence electrons. The van der Waals surface area contributed by atoms with Gasteiger partial charge >= 0.3 is 0 Å². The summed E-state index contributed by atoms with van der Waals surface area (Å²) in [5, 5.41) is 6.91. The topological polar surface area (TPSA) is 29.6 Å². The molecule has 0 spiro atoms. The van der Waals surface area contributed by atoms with E-state index in [1.165, 1.54) is 24.0 Å². The van der Waals surface area contributed by atoms with Crippen LogP contribution in [-0.4, -0.2) is 10.9 Å². The van der Waals surface area contributed by atoms with Crippen LogP contribution in [0.15, 0.2) is 57.5 Å². The summed E-state index contributed by atoms with van der Waals surface area (Å²) in [4.78, 5) is 5.72. The Morgan fingerprint density at radius 2 is 2.08 bits per heavy atom. The van der Waals surface area contributed by atoms with Crippen molar-refractivity contribution in [2.75, 3.05) is 0 Å². The Balaban J connectivity index is 1.57. The van der Waals surface area contributed by atoms with E-state index in [0.29, 0.717) is 17.9 Å². The van der Waals surface area contributed by atoms with Gasteiger partial charge in [0.15, 0.2) is 0 Å². The van der Waals surface area contributed by atoms with Gasteiger partial charge in [0.25, 0.3) is 0 Å². The lowest BCUT2D eigenvalue weighted by Gasteiger charge is -2.55. The Labute approximate surface area is 153 Å². The van der Waals surface area contributed by atoms with Crippen LogP contribution in [0, 0.1) is 24.2 Å². The minimum Gasteiger partial charge on any atom is -0.253 e. The third kappa shape index (κ3) is 3.04. The van der Waals surface area contributed by atoms with Crippen molar-refractivity contribution in [3.8, 4) is 0 Å². The van der Waals surface area contributed by atoms with E-state index >= 15 is 0 Å². The van der Waals surface area contributed by atoms with Crippen molar-refractivity contribution in [2.45, 2.75) is 40.2 Å². The zero-order chi connectivity index (χ0) is 17.4. The fourth-order valence-electron chi connectivity index (χ4n) is 4.05. The molecule has 2 unspecified atom stereocenters. The molecule has 0 aliphatic heterocycles. The summed E-state index contributed by atoms with van der Waals surface area (Å²) in [7, 11) is 0. The van der Waals surface area contributed by atoms with E-state index in [9.17, 15) is 0 Å². The molecule has 3 aliphatic rings. The van der Waals surface area contributed by atoms with Crippen LogP contribution in [0.2, 0.25) is 0 Å². The number of aromatic nitrogens is 1. The molecule has 0 saturated heterocycles. The van der Waals surface area contributed by atoms with E-state index in [0.717, 1.165) is 16.4 Å². The van der Waals surface area contributed by atoms with Gasteiger partial charge in [-0.2, -0.15) is 5.10 Å². The van der Waals surface area contributed by atoms with Crippen molar-refractivity contribution < 1.29 is 0 Å². The molecule has 0 radical (unpaired) electrons. The molecule has 3 aliphatic carbocycles. The molecule has 2 aromatic rings. The molecule has 4 heteroatoms. The monoisotopic (exact) mass is 351 g/mol. The van der Waals surface area contributed by atoms with Gasteiger partial charge in [-0.05, 0) is 48.2 Å². The lowest BCUT2D eigenvalue weighted by molar-refractivity contribution is -0.00127. The molecule has 3 nitrogen and oxygen atoms in total. The molecular weight excluding hydrogens is 326 g/mol. The molecule has 1 heterocycles. The maximum Gasteiger partial charge on any atom is 0.206 e. The number of thiazole rings is 1. The van der Waals surface area contributed by atoms with Gasteiger partial charge in [-0.3, -0.25) is 4.99 Å². The van der Waals surface area contributed by atoms with Crippen LogP contribution < -0.4 is 4.80 Å². The lowest BCUT2D eigenvalue weighted by Crippen LogP contribution is -2.48. The fraction of sp³-hybridized carbons (Fsp3) is 0.429. The van der Waals surface area contributed by atoms with Gasteiger partial charge in [-0.1, -0.05) is 50.3 Å². The number of nitrogens with zero attached hydrogens (tertiary/aromatic N) is 3. The van der Waals surface area contributed by atoms with Gasteiger partial charge < -0.3 is 0 Å². The average Bonchev–Trinajstić information content (AvgIpc) is 2.99. The van der Waals surface area contributed by atoms with Crippen LogP contribution in [-0.2, 0) is 6.54 Å². The first kappa shape index (κ1) is 16.5. The number of benzene rings is 1. The first-order valence-corrected chi connectivity index (χ1v) is 9.89. The summed E-state index contributed by atoms with van der Waals surface area (Å²) in [6, 6.07) is 10.4. The van der Waals surface area contributed by atoms with Crippen LogP contribution in [0.25, 0.3) is 0 Å². The predicted octanol–water partition coefficient (Wildman–Crippen LogP) is 4.79. The van der Waals surface area contributed by atoms with Crippen molar-refractivity contribution >= 4 is 17.6 Å². The van der Waals surface area contributed by atoms with E-state index in [4.69, 9.17) is 10.1 Å². The van der Waals surface area contributed by atoms with E-state index < -0.39 is 0 Å². The molecule has 5 rings (SSSR count). The molecule has 2 bridgehead atoms. The van der Waals surface area contributed by atoms with Gasteiger partial charge in [-0.15, -0.1) is 11.3 Å². The Hall–Kier alpha value is -1.94. The molecule has 1 aromatic carbocycles. The second-order valence-corrected chi connectivity index (χ2v) is 8.60. The van der Waals surface area contributed by atoms with Crippen molar-refractivity contribution in [3.63, 3.8) is 0 Å². The Bertz CT molecular complexity index is 883. The van der Waals surface area contributed by atoms with E-state index in [2.05, 4.69) is 62.7 Å². The number of hydrogen-bond acceptors (Lipinski definition) is 3. The number of hydrogen-bond donors (Lipinski definition) is 0. The zero-order valence-electron chi connectivity index (χ0n) is 15.1. The minimum atomic E-state index is 0.435. The maximum atomic E-state index is 4.78. The van der Waals surface area contributed by atoms with Crippen LogP contribution in [0.5, 0.6) is 0 Å². The highest BCUT2D eigenvalue weighted by Gasteiger charge is 2.50. The largest absolute Gasteiger partial charge is 0.253 e. The second kappa shape index (κ2) is 6.41. The van der Waals surface area contributed by atoms with Crippen LogP contribution in [0.3, 0.4) is 0 Å². The summed E-state index contributed by atoms with van der Waals surface area (Å²) in [5.41, 5.74) is 4.20. The highest BCUT2D eigenvalue weighted by molar-refractivity contribution is 7.07. The second-order valence-electron chi connectivity index (χ2n) is 7.76. The van der Waals surface area contributed by atoms with Crippen molar-refractivity contribution in [1.82, 2.24) is 4.68 Å². The van der Waals surface area contributed by atoms with Gasteiger partial charge in [0, 0.05) is 5.38 Å². The Morgan fingerprint density at radius 1 is 1.28 bits per heavy atom. The number of aryl methyl sites for hydroxylation is 1. The molecule has 1 fully saturated rings. The smallest absolute Gasteiger partial charge is 0.206 e. The van der Waals surface area contributed by atoms with Crippen molar-refractivity contribution in [1.29, 1.82) is 0 Å². The van der Waals surface area contributed by atoms with Gasteiger partial charge in [0.1, 0.15) is 0 Å². The number of allylic oxidation sites excluding steroid dienone is 2. The fourth-order valence-corrected chi connectivity index (χ4v) is 4.85. The molecule has 0 amide bonds. The van der Waals surface area contributed by atoms with Crippen LogP contribution >= 0.6 is 11.3 Å². The minimum absolute atomic E-state index is 0.435. The summed E-state index contributed by atoms with van der Waals surface area (Å²) >= 11 is 1.66. The Morgan fingerprint density at radius 3 is 2.80 bits per heavy atom. The molecule has 1 aromatic heterocycles. The first-order valence-electron chi connectivity index (χ1n) is 9.01. The summed E-state index contributed by atoms with van der Waals surface area (Å²) in [6.07, 6.45) is 6.98. The zero-order valence-corrected chi connectivity index (χ0v) is 16.0. The van der Waals surface area contributed by atoms with Gasteiger partial charge in [0.2, 0.25) is 4.80 Å². The molecular formula is C21H25N3S. The molecule has 1 saturated carbocycles.